The van der Waals surface area contributed by atoms with Gasteiger partial charge in [-0.3, -0.25) is 0 Å². The maximum Gasteiger partial charge on any atom is 0.315 e. The molecular formula is C19H24N2O3. The molecule has 24 heavy (non-hydrogen) atoms. The van der Waals surface area contributed by atoms with Crippen LogP contribution in [-0.4, -0.2) is 25.8 Å². The number of benzene rings is 2. The highest BCUT2D eigenvalue weighted by atomic mass is 16.5. The van der Waals surface area contributed by atoms with Crippen LogP contribution >= 0.6 is 0 Å². The van der Waals surface area contributed by atoms with Crippen molar-refractivity contribution in [2.45, 2.75) is 19.9 Å². The Balaban J connectivity index is 1.68. The van der Waals surface area contributed by atoms with Crippen LogP contribution in [-0.2, 0) is 0 Å². The third-order valence-electron chi connectivity index (χ3n) is 3.42. The van der Waals surface area contributed by atoms with Crippen molar-refractivity contribution in [1.29, 1.82) is 0 Å². The SMILES string of the molecule is CCOc1cccc(OCCNC(=O)NC(C)c2ccccc2)c1. The lowest BCUT2D eigenvalue weighted by molar-refractivity contribution is 0.233. The first-order chi connectivity index (χ1) is 11.7. The van der Waals surface area contributed by atoms with Gasteiger partial charge in [0.1, 0.15) is 18.1 Å². The van der Waals surface area contributed by atoms with Gasteiger partial charge in [-0.2, -0.15) is 0 Å². The molecule has 0 radical (unpaired) electrons. The highest BCUT2D eigenvalue weighted by Crippen LogP contribution is 2.19. The summed E-state index contributed by atoms with van der Waals surface area (Å²) in [5.74, 6) is 1.50. The molecule has 2 aromatic carbocycles. The third kappa shape index (κ3) is 5.83. The molecule has 2 rings (SSSR count). The number of amides is 2. The number of urea groups is 1. The van der Waals surface area contributed by atoms with Crippen molar-refractivity contribution >= 4 is 6.03 Å². The predicted octanol–water partition coefficient (Wildman–Crippen LogP) is 3.52. The Morgan fingerprint density at radius 2 is 1.75 bits per heavy atom. The van der Waals surface area contributed by atoms with Crippen LogP contribution in [0.2, 0.25) is 0 Å². The molecule has 2 aromatic rings. The Kier molecular flexibility index (Phi) is 6.95. The predicted molar refractivity (Wildman–Crippen MR) is 94.5 cm³/mol. The van der Waals surface area contributed by atoms with Gasteiger partial charge in [0.25, 0.3) is 0 Å². The first kappa shape index (κ1) is 17.7. The number of hydrogen-bond acceptors (Lipinski definition) is 3. The van der Waals surface area contributed by atoms with Gasteiger partial charge in [-0.05, 0) is 31.5 Å². The third-order valence-corrected chi connectivity index (χ3v) is 3.42. The van der Waals surface area contributed by atoms with Crippen molar-refractivity contribution in [2.24, 2.45) is 0 Å². The van der Waals surface area contributed by atoms with E-state index in [0.29, 0.717) is 19.8 Å². The van der Waals surface area contributed by atoms with Crippen LogP contribution < -0.4 is 20.1 Å². The molecule has 5 heteroatoms. The lowest BCUT2D eigenvalue weighted by Crippen LogP contribution is -2.38. The lowest BCUT2D eigenvalue weighted by atomic mass is 10.1. The molecule has 2 N–H and O–H groups in total. The van der Waals surface area contributed by atoms with Gasteiger partial charge >= 0.3 is 6.03 Å². The molecule has 128 valence electrons. The second-order valence-corrected chi connectivity index (χ2v) is 5.29. The fourth-order valence-electron chi connectivity index (χ4n) is 2.23. The molecule has 0 aromatic heterocycles. The first-order valence-corrected chi connectivity index (χ1v) is 8.14. The summed E-state index contributed by atoms with van der Waals surface area (Å²) in [6, 6.07) is 17.0. The number of carbonyl (C=O) groups is 1. The van der Waals surface area contributed by atoms with Crippen molar-refractivity contribution in [3.05, 3.63) is 60.2 Å². The van der Waals surface area contributed by atoms with Gasteiger partial charge in [-0.15, -0.1) is 0 Å². The van der Waals surface area contributed by atoms with Gasteiger partial charge in [0.05, 0.1) is 19.2 Å². The second-order valence-electron chi connectivity index (χ2n) is 5.29. The number of ether oxygens (including phenoxy) is 2. The number of carbonyl (C=O) groups excluding carboxylic acids is 1. The Bertz CT molecular complexity index is 632. The molecule has 0 fully saturated rings. The Hall–Kier alpha value is -2.69. The molecule has 0 saturated carbocycles. The van der Waals surface area contributed by atoms with Crippen LogP contribution in [0.5, 0.6) is 11.5 Å². The molecule has 1 atom stereocenters. The summed E-state index contributed by atoms with van der Waals surface area (Å²) < 4.78 is 11.0. The minimum atomic E-state index is -0.210. The van der Waals surface area contributed by atoms with E-state index >= 15 is 0 Å². The first-order valence-electron chi connectivity index (χ1n) is 8.14. The van der Waals surface area contributed by atoms with Crippen LogP contribution in [0.1, 0.15) is 25.5 Å². The van der Waals surface area contributed by atoms with E-state index in [1.54, 1.807) is 0 Å². The van der Waals surface area contributed by atoms with E-state index in [2.05, 4.69) is 10.6 Å². The van der Waals surface area contributed by atoms with Crippen LogP contribution in [0, 0.1) is 0 Å². The molecule has 0 spiro atoms. The van der Waals surface area contributed by atoms with Gasteiger partial charge in [0.2, 0.25) is 0 Å². The minimum absolute atomic E-state index is 0.0463. The van der Waals surface area contributed by atoms with Crippen LogP contribution in [0.15, 0.2) is 54.6 Å². The second kappa shape index (κ2) is 9.45. The normalized spacial score (nSPS) is 11.4. The summed E-state index contributed by atoms with van der Waals surface area (Å²) in [5, 5.41) is 5.68. The van der Waals surface area contributed by atoms with Crippen molar-refractivity contribution in [3.63, 3.8) is 0 Å². The number of rotatable bonds is 8. The van der Waals surface area contributed by atoms with Crippen molar-refractivity contribution in [1.82, 2.24) is 10.6 Å². The molecule has 0 aliphatic heterocycles. The summed E-state index contributed by atoms with van der Waals surface area (Å²) in [5.41, 5.74) is 1.07. The van der Waals surface area contributed by atoms with E-state index in [4.69, 9.17) is 9.47 Å². The van der Waals surface area contributed by atoms with E-state index in [0.717, 1.165) is 17.1 Å². The monoisotopic (exact) mass is 328 g/mol. The molecule has 2 amide bonds. The van der Waals surface area contributed by atoms with Crippen molar-refractivity contribution in [2.75, 3.05) is 19.8 Å². The highest BCUT2D eigenvalue weighted by Gasteiger charge is 2.08. The summed E-state index contributed by atoms with van der Waals surface area (Å²) in [7, 11) is 0. The smallest absolute Gasteiger partial charge is 0.315 e. The Morgan fingerprint density at radius 3 is 2.46 bits per heavy atom. The quantitative estimate of drug-likeness (QED) is 0.729. The Morgan fingerprint density at radius 1 is 1.04 bits per heavy atom. The highest BCUT2D eigenvalue weighted by molar-refractivity contribution is 5.74. The van der Waals surface area contributed by atoms with Crippen molar-refractivity contribution in [3.8, 4) is 11.5 Å². The maximum atomic E-state index is 11.9. The van der Waals surface area contributed by atoms with E-state index in [1.807, 2.05) is 68.4 Å². The maximum absolute atomic E-state index is 11.9. The summed E-state index contributed by atoms with van der Waals surface area (Å²) in [6.45, 7) is 5.32. The van der Waals surface area contributed by atoms with Crippen LogP contribution in [0.3, 0.4) is 0 Å². The zero-order chi connectivity index (χ0) is 17.2. The zero-order valence-corrected chi connectivity index (χ0v) is 14.1. The van der Waals surface area contributed by atoms with Gasteiger partial charge in [-0.1, -0.05) is 36.4 Å². The van der Waals surface area contributed by atoms with Crippen LogP contribution in [0.4, 0.5) is 4.79 Å². The molecule has 0 saturated heterocycles. The van der Waals surface area contributed by atoms with Gasteiger partial charge in [0, 0.05) is 6.07 Å². The minimum Gasteiger partial charge on any atom is -0.494 e. The van der Waals surface area contributed by atoms with E-state index in [9.17, 15) is 4.79 Å². The molecule has 5 nitrogen and oxygen atoms in total. The fraction of sp³-hybridized carbons (Fsp3) is 0.316. The van der Waals surface area contributed by atoms with Gasteiger partial charge in [-0.25, -0.2) is 4.79 Å². The molecule has 0 aliphatic rings. The molecule has 0 aliphatic carbocycles. The fourth-order valence-corrected chi connectivity index (χ4v) is 2.23. The van der Waals surface area contributed by atoms with Gasteiger partial charge < -0.3 is 20.1 Å². The lowest BCUT2D eigenvalue weighted by Gasteiger charge is -2.15. The summed E-state index contributed by atoms with van der Waals surface area (Å²) >= 11 is 0. The topological polar surface area (TPSA) is 59.6 Å². The van der Waals surface area contributed by atoms with Gasteiger partial charge in [0.15, 0.2) is 0 Å². The van der Waals surface area contributed by atoms with E-state index in [-0.39, 0.29) is 12.1 Å². The summed E-state index contributed by atoms with van der Waals surface area (Å²) in [4.78, 5) is 11.9. The molecular weight excluding hydrogens is 304 g/mol. The van der Waals surface area contributed by atoms with Crippen LogP contribution in [0.25, 0.3) is 0 Å². The number of hydrogen-bond donors (Lipinski definition) is 2. The molecule has 1 unspecified atom stereocenters. The largest absolute Gasteiger partial charge is 0.494 e. The average molecular weight is 328 g/mol. The average Bonchev–Trinajstić information content (AvgIpc) is 2.60. The zero-order valence-electron chi connectivity index (χ0n) is 14.1. The molecule has 0 bridgehead atoms. The van der Waals surface area contributed by atoms with E-state index < -0.39 is 0 Å². The summed E-state index contributed by atoms with van der Waals surface area (Å²) in [6.07, 6.45) is 0. The standard InChI is InChI=1S/C19H24N2O3/c1-3-23-17-10-7-11-18(14-17)24-13-12-20-19(22)21-15(2)16-8-5-4-6-9-16/h4-11,14-15H,3,12-13H2,1-2H3,(H2,20,21,22). The van der Waals surface area contributed by atoms with E-state index in [1.165, 1.54) is 0 Å². The molecule has 0 heterocycles. The van der Waals surface area contributed by atoms with Crippen molar-refractivity contribution < 1.29 is 14.3 Å². The number of nitrogens with one attached hydrogen (secondary N) is 2. The Labute approximate surface area is 143 Å².